The lowest BCUT2D eigenvalue weighted by Crippen LogP contribution is -2.43. The van der Waals surface area contributed by atoms with Crippen molar-refractivity contribution >= 4 is 22.2 Å². The van der Waals surface area contributed by atoms with Gasteiger partial charge in [-0.15, -0.1) is 22.6 Å². The van der Waals surface area contributed by atoms with Crippen LogP contribution in [-0.2, 0) is 16.9 Å². The highest BCUT2D eigenvalue weighted by Crippen LogP contribution is 2.32. The first-order valence-electron chi connectivity index (χ1n) is 5.91. The number of halogens is 1. The van der Waals surface area contributed by atoms with E-state index in [2.05, 4.69) is 15.5 Å². The molecule has 18 heavy (non-hydrogen) atoms. The summed E-state index contributed by atoms with van der Waals surface area (Å²) in [7, 11) is -1.66. The third kappa shape index (κ3) is 2.15. The van der Waals surface area contributed by atoms with Gasteiger partial charge in [0.2, 0.25) is 15.0 Å². The number of piperidine rings is 1. The molecule has 2 saturated heterocycles. The molecule has 2 fully saturated rings. The van der Waals surface area contributed by atoms with Crippen LogP contribution in [0.5, 0.6) is 0 Å². The van der Waals surface area contributed by atoms with Gasteiger partial charge in [-0.2, -0.15) is 0 Å². The van der Waals surface area contributed by atoms with Gasteiger partial charge in [0, 0.05) is 19.1 Å². The highest BCUT2D eigenvalue weighted by atomic mass is 35.5. The molecule has 1 aromatic heterocycles. The number of fused-ring (bicyclic) bond motifs is 2. The molecule has 2 aliphatic rings. The van der Waals surface area contributed by atoms with Gasteiger partial charge in [-0.05, 0) is 25.7 Å². The van der Waals surface area contributed by atoms with Crippen LogP contribution in [0.3, 0.4) is 0 Å². The molecule has 1 N–H and O–H groups in total. The number of sulfone groups is 1. The molecule has 2 bridgehead atoms. The Labute approximate surface area is 112 Å². The van der Waals surface area contributed by atoms with Crippen LogP contribution >= 0.6 is 12.4 Å². The van der Waals surface area contributed by atoms with Crippen molar-refractivity contribution in [1.29, 1.82) is 0 Å². The van der Waals surface area contributed by atoms with Crippen LogP contribution in [-0.4, -0.2) is 40.5 Å². The summed E-state index contributed by atoms with van der Waals surface area (Å²) in [6, 6.07) is 0.725. The van der Waals surface area contributed by atoms with Crippen molar-refractivity contribution in [2.45, 2.75) is 48.2 Å². The first kappa shape index (κ1) is 13.8. The van der Waals surface area contributed by atoms with E-state index >= 15 is 0 Å². The number of nitrogens with zero attached hydrogens (tertiary/aromatic N) is 3. The zero-order valence-electron chi connectivity index (χ0n) is 10.1. The molecular weight excluding hydrogens is 276 g/mol. The largest absolute Gasteiger partial charge is 0.311 e. The van der Waals surface area contributed by atoms with Crippen molar-refractivity contribution in [3.05, 3.63) is 6.33 Å². The van der Waals surface area contributed by atoms with Crippen molar-refractivity contribution in [2.24, 2.45) is 7.05 Å². The Balaban J connectivity index is 0.00000120. The second-order valence-electron chi connectivity index (χ2n) is 5.00. The first-order chi connectivity index (χ1) is 8.07. The van der Waals surface area contributed by atoms with Crippen LogP contribution in [0.2, 0.25) is 0 Å². The van der Waals surface area contributed by atoms with Gasteiger partial charge >= 0.3 is 0 Å². The molecule has 3 rings (SSSR count). The fourth-order valence-corrected chi connectivity index (χ4v) is 4.82. The first-order valence-corrected chi connectivity index (χ1v) is 7.46. The summed E-state index contributed by atoms with van der Waals surface area (Å²) < 4.78 is 26.4. The fraction of sp³-hybridized carbons (Fsp3) is 0.800. The maximum absolute atomic E-state index is 12.4. The standard InChI is InChI=1S/C10H16N4O2S.ClH/c1-14-6-11-13-10(14)17(15,16)9-4-7-2-3-8(5-9)12-7;/h6-9,12H,2-5H2,1H3;1H. The van der Waals surface area contributed by atoms with Crippen molar-refractivity contribution in [2.75, 3.05) is 0 Å². The maximum atomic E-state index is 12.4. The zero-order valence-corrected chi connectivity index (χ0v) is 11.7. The molecule has 2 unspecified atom stereocenters. The summed E-state index contributed by atoms with van der Waals surface area (Å²) in [5, 5.41) is 10.6. The van der Waals surface area contributed by atoms with E-state index in [1.165, 1.54) is 10.9 Å². The van der Waals surface area contributed by atoms with Crippen LogP contribution in [0.25, 0.3) is 0 Å². The number of hydrogen-bond acceptors (Lipinski definition) is 5. The zero-order chi connectivity index (χ0) is 12.0. The molecule has 0 radical (unpaired) electrons. The molecule has 0 spiro atoms. The molecule has 0 amide bonds. The minimum atomic E-state index is -3.33. The lowest BCUT2D eigenvalue weighted by molar-refractivity contribution is 0.399. The molecule has 102 valence electrons. The third-order valence-corrected chi connectivity index (χ3v) is 5.93. The van der Waals surface area contributed by atoms with E-state index in [0.717, 1.165) is 12.8 Å². The summed E-state index contributed by atoms with van der Waals surface area (Å²) >= 11 is 0. The van der Waals surface area contributed by atoms with Gasteiger partial charge < -0.3 is 9.88 Å². The highest BCUT2D eigenvalue weighted by Gasteiger charge is 2.41. The quantitative estimate of drug-likeness (QED) is 0.848. The summed E-state index contributed by atoms with van der Waals surface area (Å²) in [4.78, 5) is 0. The molecule has 2 aliphatic heterocycles. The minimum Gasteiger partial charge on any atom is -0.311 e. The predicted molar refractivity (Wildman–Crippen MR) is 68.4 cm³/mol. The van der Waals surface area contributed by atoms with Crippen LogP contribution in [0, 0.1) is 0 Å². The second-order valence-corrected chi connectivity index (χ2v) is 7.12. The van der Waals surface area contributed by atoms with Gasteiger partial charge in [-0.25, -0.2) is 8.42 Å². The predicted octanol–water partition coefficient (Wildman–Crippen LogP) is 0.294. The lowest BCUT2D eigenvalue weighted by atomic mass is 10.1. The Kier molecular flexibility index (Phi) is 3.66. The van der Waals surface area contributed by atoms with Crippen molar-refractivity contribution < 1.29 is 8.42 Å². The molecular formula is C10H17ClN4O2S. The van der Waals surface area contributed by atoms with Crippen LogP contribution in [0.1, 0.15) is 25.7 Å². The molecule has 8 heteroatoms. The molecule has 0 aliphatic carbocycles. The Bertz CT molecular complexity index is 518. The molecule has 1 aromatic rings. The SMILES string of the molecule is Cl.Cn1cnnc1S(=O)(=O)C1CC2CCC(C1)N2. The number of hydrogen-bond donors (Lipinski definition) is 1. The summed E-state index contributed by atoms with van der Waals surface area (Å²) in [5.41, 5.74) is 0. The van der Waals surface area contributed by atoms with Crippen LogP contribution in [0.4, 0.5) is 0 Å². The highest BCUT2D eigenvalue weighted by molar-refractivity contribution is 7.91. The Morgan fingerprint density at radius 3 is 2.44 bits per heavy atom. The maximum Gasteiger partial charge on any atom is 0.249 e. The van der Waals surface area contributed by atoms with Crippen molar-refractivity contribution in [1.82, 2.24) is 20.1 Å². The molecule has 2 atom stereocenters. The van der Waals surface area contributed by atoms with Gasteiger partial charge in [-0.3, -0.25) is 0 Å². The normalized spacial score (nSPS) is 31.1. The van der Waals surface area contributed by atoms with E-state index in [-0.39, 0.29) is 22.8 Å². The van der Waals surface area contributed by atoms with Gasteiger partial charge in [-0.1, -0.05) is 0 Å². The van der Waals surface area contributed by atoms with Gasteiger partial charge in [0.15, 0.2) is 0 Å². The second kappa shape index (κ2) is 4.79. The number of nitrogens with one attached hydrogen (secondary N) is 1. The summed E-state index contributed by atoms with van der Waals surface area (Å²) in [6.07, 6.45) is 5.02. The number of aryl methyl sites for hydroxylation is 1. The molecule has 6 nitrogen and oxygen atoms in total. The van der Waals surface area contributed by atoms with E-state index in [9.17, 15) is 8.42 Å². The van der Waals surface area contributed by atoms with E-state index in [1.807, 2.05) is 0 Å². The molecule has 0 saturated carbocycles. The fourth-order valence-electron chi connectivity index (χ4n) is 2.94. The van der Waals surface area contributed by atoms with E-state index in [0.29, 0.717) is 24.9 Å². The van der Waals surface area contributed by atoms with Gasteiger partial charge in [0.05, 0.1) is 5.25 Å². The van der Waals surface area contributed by atoms with Crippen LogP contribution < -0.4 is 5.32 Å². The van der Waals surface area contributed by atoms with Crippen LogP contribution in [0.15, 0.2) is 11.5 Å². The van der Waals surface area contributed by atoms with E-state index in [1.54, 1.807) is 7.05 Å². The molecule has 0 aromatic carbocycles. The third-order valence-electron chi connectivity index (χ3n) is 3.79. The Morgan fingerprint density at radius 2 is 1.94 bits per heavy atom. The van der Waals surface area contributed by atoms with E-state index in [4.69, 9.17) is 0 Å². The Hall–Kier alpha value is -0.660. The average molecular weight is 293 g/mol. The topological polar surface area (TPSA) is 76.9 Å². The van der Waals surface area contributed by atoms with Crippen molar-refractivity contribution in [3.63, 3.8) is 0 Å². The summed E-state index contributed by atoms with van der Waals surface area (Å²) in [6.45, 7) is 0. The van der Waals surface area contributed by atoms with E-state index < -0.39 is 9.84 Å². The smallest absolute Gasteiger partial charge is 0.249 e. The summed E-state index contributed by atoms with van der Waals surface area (Å²) in [5.74, 6) is 0. The monoisotopic (exact) mass is 292 g/mol. The minimum absolute atomic E-state index is 0. The van der Waals surface area contributed by atoms with Crippen molar-refractivity contribution in [3.8, 4) is 0 Å². The number of aromatic nitrogens is 3. The molecule has 3 heterocycles. The van der Waals surface area contributed by atoms with Gasteiger partial charge in [0.25, 0.3) is 0 Å². The number of rotatable bonds is 2. The lowest BCUT2D eigenvalue weighted by Gasteiger charge is -2.28. The Morgan fingerprint density at radius 1 is 1.33 bits per heavy atom. The average Bonchev–Trinajstić information content (AvgIpc) is 2.85. The van der Waals surface area contributed by atoms with Gasteiger partial charge in [0.1, 0.15) is 6.33 Å².